The first-order valence-corrected chi connectivity index (χ1v) is 8.27. The van der Waals surface area contributed by atoms with Crippen molar-refractivity contribution >= 4 is 15.9 Å². The van der Waals surface area contributed by atoms with Gasteiger partial charge in [0.25, 0.3) is 0 Å². The van der Waals surface area contributed by atoms with Crippen molar-refractivity contribution in [3.8, 4) is 0 Å². The van der Waals surface area contributed by atoms with Gasteiger partial charge in [0.15, 0.2) is 0 Å². The van der Waals surface area contributed by atoms with E-state index in [1.807, 2.05) is 12.4 Å². The van der Waals surface area contributed by atoms with Crippen LogP contribution in [-0.2, 0) is 11.2 Å². The molecule has 1 aromatic heterocycles. The van der Waals surface area contributed by atoms with Crippen molar-refractivity contribution in [1.82, 2.24) is 10.3 Å². The van der Waals surface area contributed by atoms with Crippen molar-refractivity contribution in [3.63, 3.8) is 0 Å². The zero-order chi connectivity index (χ0) is 14.4. The second-order valence-corrected chi connectivity index (χ2v) is 7.24. The quantitative estimate of drug-likeness (QED) is 0.861. The first-order chi connectivity index (χ1) is 9.60. The monoisotopic (exact) mass is 340 g/mol. The number of hydrogen-bond acceptors (Lipinski definition) is 3. The van der Waals surface area contributed by atoms with Gasteiger partial charge in [0.05, 0.1) is 0 Å². The Balaban J connectivity index is 2.02. The minimum Gasteiger partial charge on any atom is -0.381 e. The van der Waals surface area contributed by atoms with E-state index in [9.17, 15) is 0 Å². The minimum absolute atomic E-state index is 0.315. The summed E-state index contributed by atoms with van der Waals surface area (Å²) in [5.74, 6) is 0.694. The summed E-state index contributed by atoms with van der Waals surface area (Å²) in [5.41, 5.74) is 1.63. The lowest BCUT2D eigenvalue weighted by Gasteiger charge is -2.38. The maximum Gasteiger partial charge on any atom is 0.0471 e. The molecule has 1 aromatic rings. The van der Waals surface area contributed by atoms with E-state index in [1.165, 1.54) is 5.56 Å². The summed E-state index contributed by atoms with van der Waals surface area (Å²) in [4.78, 5) is 4.29. The minimum atomic E-state index is 0.315. The van der Waals surface area contributed by atoms with Crippen LogP contribution < -0.4 is 5.32 Å². The van der Waals surface area contributed by atoms with Crippen LogP contribution >= 0.6 is 15.9 Å². The van der Waals surface area contributed by atoms with E-state index < -0.39 is 0 Å². The highest BCUT2D eigenvalue weighted by atomic mass is 79.9. The lowest BCUT2D eigenvalue weighted by Crippen LogP contribution is -2.41. The molecule has 0 unspecified atom stereocenters. The van der Waals surface area contributed by atoms with Gasteiger partial charge in [-0.05, 0) is 64.7 Å². The van der Waals surface area contributed by atoms with Gasteiger partial charge in [0.2, 0.25) is 0 Å². The van der Waals surface area contributed by atoms with Crippen LogP contribution in [0.3, 0.4) is 0 Å². The Kier molecular flexibility index (Phi) is 6.00. The fourth-order valence-corrected chi connectivity index (χ4v) is 3.24. The fourth-order valence-electron chi connectivity index (χ4n) is 2.83. The molecule has 4 heteroatoms. The maximum absolute atomic E-state index is 5.56. The third kappa shape index (κ3) is 4.83. The van der Waals surface area contributed by atoms with Crippen LogP contribution in [0.2, 0.25) is 0 Å². The van der Waals surface area contributed by atoms with Gasteiger partial charge < -0.3 is 10.1 Å². The van der Waals surface area contributed by atoms with Crippen molar-refractivity contribution in [2.75, 3.05) is 26.3 Å². The van der Waals surface area contributed by atoms with Crippen molar-refractivity contribution in [3.05, 3.63) is 28.5 Å². The summed E-state index contributed by atoms with van der Waals surface area (Å²) in [6, 6.07) is 2.19. The molecule has 1 saturated heterocycles. The topological polar surface area (TPSA) is 34.2 Å². The van der Waals surface area contributed by atoms with E-state index in [1.54, 1.807) is 0 Å². The lowest BCUT2D eigenvalue weighted by atomic mass is 9.75. The lowest BCUT2D eigenvalue weighted by molar-refractivity contribution is 0.0147. The van der Waals surface area contributed by atoms with Crippen LogP contribution in [0.25, 0.3) is 0 Å². The average Bonchev–Trinajstić information content (AvgIpc) is 2.39. The first kappa shape index (κ1) is 15.9. The molecule has 20 heavy (non-hydrogen) atoms. The normalized spacial score (nSPS) is 18.4. The number of ether oxygens (including phenoxy) is 1. The van der Waals surface area contributed by atoms with E-state index >= 15 is 0 Å². The zero-order valence-electron chi connectivity index (χ0n) is 12.5. The van der Waals surface area contributed by atoms with Crippen molar-refractivity contribution in [2.24, 2.45) is 11.3 Å². The maximum atomic E-state index is 5.56. The standard InChI is InChI=1S/C16H25BrN2O/c1-13(2)9-19-12-16(3-5-20-6-4-16)8-14-7-15(17)11-18-10-14/h7,10-11,13,19H,3-6,8-9,12H2,1-2H3. The zero-order valence-corrected chi connectivity index (χ0v) is 14.1. The van der Waals surface area contributed by atoms with Crippen LogP contribution in [0.4, 0.5) is 0 Å². The summed E-state index contributed by atoms with van der Waals surface area (Å²) in [5, 5.41) is 3.64. The molecule has 0 amide bonds. The number of pyridine rings is 1. The van der Waals surface area contributed by atoms with E-state index in [4.69, 9.17) is 4.74 Å². The molecular formula is C16H25BrN2O. The van der Waals surface area contributed by atoms with Gasteiger partial charge in [-0.1, -0.05) is 13.8 Å². The van der Waals surface area contributed by atoms with Crippen LogP contribution in [0.5, 0.6) is 0 Å². The number of nitrogens with zero attached hydrogens (tertiary/aromatic N) is 1. The predicted octanol–water partition coefficient (Wildman–Crippen LogP) is 3.43. The smallest absolute Gasteiger partial charge is 0.0471 e. The van der Waals surface area contributed by atoms with Crippen LogP contribution in [0.1, 0.15) is 32.3 Å². The Morgan fingerprint density at radius 2 is 2.10 bits per heavy atom. The highest BCUT2D eigenvalue weighted by Crippen LogP contribution is 2.34. The molecule has 1 N–H and O–H groups in total. The molecular weight excluding hydrogens is 316 g/mol. The molecule has 2 rings (SSSR count). The largest absolute Gasteiger partial charge is 0.381 e. The highest BCUT2D eigenvalue weighted by Gasteiger charge is 2.32. The number of rotatable bonds is 6. The third-order valence-corrected chi connectivity index (χ3v) is 4.38. The molecule has 0 spiro atoms. The van der Waals surface area contributed by atoms with Gasteiger partial charge in [-0.2, -0.15) is 0 Å². The highest BCUT2D eigenvalue weighted by molar-refractivity contribution is 9.10. The SMILES string of the molecule is CC(C)CNCC1(Cc2cncc(Br)c2)CCOCC1. The summed E-state index contributed by atoms with van der Waals surface area (Å²) >= 11 is 3.51. The summed E-state index contributed by atoms with van der Waals surface area (Å²) in [6.45, 7) is 8.42. The molecule has 1 aliphatic heterocycles. The van der Waals surface area contributed by atoms with Crippen molar-refractivity contribution in [1.29, 1.82) is 0 Å². The second kappa shape index (κ2) is 7.53. The van der Waals surface area contributed by atoms with E-state index in [0.717, 1.165) is 50.0 Å². The van der Waals surface area contributed by atoms with Crippen LogP contribution in [-0.4, -0.2) is 31.3 Å². The van der Waals surface area contributed by atoms with Gasteiger partial charge in [-0.3, -0.25) is 4.98 Å². The Morgan fingerprint density at radius 1 is 1.35 bits per heavy atom. The van der Waals surface area contributed by atoms with Gasteiger partial charge in [-0.25, -0.2) is 0 Å². The summed E-state index contributed by atoms with van der Waals surface area (Å²) in [7, 11) is 0. The molecule has 0 aromatic carbocycles. The molecule has 0 atom stereocenters. The van der Waals surface area contributed by atoms with Gasteiger partial charge >= 0.3 is 0 Å². The van der Waals surface area contributed by atoms with Crippen LogP contribution in [0, 0.1) is 11.3 Å². The van der Waals surface area contributed by atoms with Crippen molar-refractivity contribution in [2.45, 2.75) is 33.1 Å². The molecule has 1 fully saturated rings. The van der Waals surface area contributed by atoms with Gasteiger partial charge in [0, 0.05) is 36.6 Å². The first-order valence-electron chi connectivity index (χ1n) is 7.48. The molecule has 0 saturated carbocycles. The Hall–Kier alpha value is -0.450. The molecule has 1 aliphatic rings. The number of hydrogen-bond donors (Lipinski definition) is 1. The Labute approximate surface area is 130 Å². The van der Waals surface area contributed by atoms with Crippen molar-refractivity contribution < 1.29 is 4.74 Å². The number of aromatic nitrogens is 1. The predicted molar refractivity (Wildman–Crippen MR) is 85.8 cm³/mol. The van der Waals surface area contributed by atoms with E-state index in [2.05, 4.69) is 46.1 Å². The fraction of sp³-hybridized carbons (Fsp3) is 0.688. The second-order valence-electron chi connectivity index (χ2n) is 6.33. The average molecular weight is 341 g/mol. The molecule has 2 heterocycles. The molecule has 3 nitrogen and oxygen atoms in total. The molecule has 0 radical (unpaired) electrons. The Morgan fingerprint density at radius 3 is 2.75 bits per heavy atom. The van der Waals surface area contributed by atoms with Gasteiger partial charge in [-0.15, -0.1) is 0 Å². The molecule has 112 valence electrons. The third-order valence-electron chi connectivity index (χ3n) is 3.95. The van der Waals surface area contributed by atoms with Gasteiger partial charge in [0.1, 0.15) is 0 Å². The summed E-state index contributed by atoms with van der Waals surface area (Å²) in [6.07, 6.45) is 7.17. The summed E-state index contributed by atoms with van der Waals surface area (Å²) < 4.78 is 6.62. The number of halogens is 1. The molecule has 0 bridgehead atoms. The van der Waals surface area contributed by atoms with Crippen LogP contribution in [0.15, 0.2) is 22.9 Å². The molecule has 0 aliphatic carbocycles. The van der Waals surface area contributed by atoms with E-state index in [-0.39, 0.29) is 0 Å². The number of nitrogens with one attached hydrogen (secondary N) is 1. The van der Waals surface area contributed by atoms with E-state index in [0.29, 0.717) is 11.3 Å². The Bertz CT molecular complexity index is 417.